The number of hydrogen-bond acceptors (Lipinski definition) is 6. The van der Waals surface area contributed by atoms with Crippen LogP contribution in [-0.4, -0.2) is 50.5 Å². The maximum atomic E-state index is 12.7. The predicted octanol–water partition coefficient (Wildman–Crippen LogP) is 0.310. The van der Waals surface area contributed by atoms with E-state index in [1.54, 1.807) is 30.3 Å². The summed E-state index contributed by atoms with van der Waals surface area (Å²) < 4.78 is 6.58. The average Bonchev–Trinajstić information content (AvgIpc) is 3.20. The summed E-state index contributed by atoms with van der Waals surface area (Å²) in [5.41, 5.74) is 2.17. The van der Waals surface area contributed by atoms with Gasteiger partial charge in [-0.3, -0.25) is 19.7 Å². The van der Waals surface area contributed by atoms with E-state index in [4.69, 9.17) is 4.74 Å². The number of fused-ring (bicyclic) bond motifs is 1. The summed E-state index contributed by atoms with van der Waals surface area (Å²) in [6, 6.07) is 4.77. The lowest BCUT2D eigenvalue weighted by Crippen LogP contribution is -2.52. The normalized spacial score (nSPS) is 19.7. The molecule has 9 nitrogen and oxygen atoms in total. The van der Waals surface area contributed by atoms with Crippen molar-refractivity contribution < 1.29 is 19.1 Å². The first-order valence-corrected chi connectivity index (χ1v) is 8.23. The zero-order valence-corrected chi connectivity index (χ0v) is 14.1. The van der Waals surface area contributed by atoms with Gasteiger partial charge < -0.3 is 9.64 Å². The van der Waals surface area contributed by atoms with Gasteiger partial charge in [-0.15, -0.1) is 5.10 Å². The zero-order chi connectivity index (χ0) is 18.3. The number of carbonyl (C=O) groups excluding carboxylic acids is 3. The van der Waals surface area contributed by atoms with Crippen LogP contribution in [0, 0.1) is 0 Å². The highest BCUT2D eigenvalue weighted by Crippen LogP contribution is 2.30. The van der Waals surface area contributed by atoms with Gasteiger partial charge in [0.1, 0.15) is 19.1 Å². The fraction of sp³-hybridized carbons (Fsp3) is 0.353. The molecule has 2 aliphatic rings. The first-order chi connectivity index (χ1) is 12.6. The van der Waals surface area contributed by atoms with Crippen LogP contribution < -0.4 is 5.32 Å². The highest BCUT2D eigenvalue weighted by atomic mass is 16.5. The molecule has 0 aliphatic carbocycles. The number of amides is 3. The molecule has 9 heteroatoms. The molecule has 0 spiro atoms. The minimum absolute atomic E-state index is 0.195. The molecular formula is C17H17N5O4. The van der Waals surface area contributed by atoms with Crippen LogP contribution in [0.4, 0.5) is 0 Å². The van der Waals surface area contributed by atoms with E-state index in [9.17, 15) is 14.4 Å². The molecule has 1 atom stereocenters. The molecule has 3 amide bonds. The van der Waals surface area contributed by atoms with E-state index in [2.05, 4.69) is 15.4 Å². The molecule has 0 saturated carbocycles. The molecule has 1 unspecified atom stereocenters. The summed E-state index contributed by atoms with van der Waals surface area (Å²) in [4.78, 5) is 41.8. The van der Waals surface area contributed by atoms with Crippen LogP contribution in [0.15, 0.2) is 24.5 Å². The molecule has 1 aromatic heterocycles. The zero-order valence-electron chi connectivity index (χ0n) is 14.1. The van der Waals surface area contributed by atoms with Gasteiger partial charge in [0.2, 0.25) is 11.8 Å². The molecule has 1 aromatic carbocycles. The Kier molecular flexibility index (Phi) is 4.00. The SMILES string of the molecule is COCn1cnc(-c2ccc3c(c2)CN(C2CCC(=O)NC2=O)C3=O)n1. The van der Waals surface area contributed by atoms with E-state index < -0.39 is 11.9 Å². The second-order valence-corrected chi connectivity index (χ2v) is 6.30. The first-order valence-electron chi connectivity index (χ1n) is 8.23. The minimum Gasteiger partial charge on any atom is -0.362 e. The molecule has 134 valence electrons. The largest absolute Gasteiger partial charge is 0.362 e. The number of aromatic nitrogens is 3. The predicted molar refractivity (Wildman–Crippen MR) is 88.5 cm³/mol. The highest BCUT2D eigenvalue weighted by molar-refractivity contribution is 6.05. The Balaban J connectivity index is 1.58. The Morgan fingerprint density at radius 1 is 1.31 bits per heavy atom. The number of methoxy groups -OCH3 is 1. The summed E-state index contributed by atoms with van der Waals surface area (Å²) in [6.45, 7) is 0.632. The molecule has 1 N–H and O–H groups in total. The van der Waals surface area contributed by atoms with Gasteiger partial charge in [-0.05, 0) is 24.1 Å². The van der Waals surface area contributed by atoms with Crippen molar-refractivity contribution in [1.29, 1.82) is 0 Å². The molecule has 2 aliphatic heterocycles. The van der Waals surface area contributed by atoms with Gasteiger partial charge in [-0.2, -0.15) is 0 Å². The lowest BCUT2D eigenvalue weighted by Gasteiger charge is -2.29. The molecule has 2 aromatic rings. The van der Waals surface area contributed by atoms with Crippen LogP contribution in [0.25, 0.3) is 11.4 Å². The van der Waals surface area contributed by atoms with Crippen molar-refractivity contribution in [2.45, 2.75) is 32.2 Å². The van der Waals surface area contributed by atoms with Crippen LogP contribution in [-0.2, 0) is 27.6 Å². The van der Waals surface area contributed by atoms with E-state index in [1.807, 2.05) is 6.07 Å². The van der Waals surface area contributed by atoms with E-state index >= 15 is 0 Å². The fourth-order valence-electron chi connectivity index (χ4n) is 3.33. The quantitative estimate of drug-likeness (QED) is 0.791. The number of imide groups is 1. The maximum Gasteiger partial charge on any atom is 0.255 e. The van der Waals surface area contributed by atoms with Crippen LogP contribution in [0.3, 0.4) is 0 Å². The number of hydrogen-bond donors (Lipinski definition) is 1. The molecule has 1 fully saturated rings. The molecule has 0 bridgehead atoms. The third kappa shape index (κ3) is 2.76. The second kappa shape index (κ2) is 6.34. The van der Waals surface area contributed by atoms with Crippen molar-refractivity contribution >= 4 is 17.7 Å². The van der Waals surface area contributed by atoms with E-state index in [1.165, 1.54) is 4.90 Å². The molecular weight excluding hydrogens is 338 g/mol. The van der Waals surface area contributed by atoms with Crippen LogP contribution in [0.5, 0.6) is 0 Å². The Bertz CT molecular complexity index is 906. The number of rotatable bonds is 4. The van der Waals surface area contributed by atoms with Gasteiger partial charge in [0, 0.05) is 31.2 Å². The number of ether oxygens (including phenoxy) is 1. The first kappa shape index (κ1) is 16.4. The molecule has 26 heavy (non-hydrogen) atoms. The van der Waals surface area contributed by atoms with Crippen molar-refractivity contribution in [3.05, 3.63) is 35.7 Å². The number of carbonyl (C=O) groups is 3. The standard InChI is InChI=1S/C17H17N5O4/c1-26-9-21-8-18-15(20-21)10-2-3-12-11(6-10)7-22(17(12)25)13-4-5-14(23)19-16(13)24/h2-3,6,8,13H,4-5,7,9H2,1H3,(H,19,23,24). The van der Waals surface area contributed by atoms with Crippen molar-refractivity contribution in [2.24, 2.45) is 0 Å². The Morgan fingerprint density at radius 3 is 2.92 bits per heavy atom. The fourth-order valence-corrected chi connectivity index (χ4v) is 3.33. The van der Waals surface area contributed by atoms with Crippen LogP contribution >= 0.6 is 0 Å². The van der Waals surface area contributed by atoms with Crippen LogP contribution in [0.1, 0.15) is 28.8 Å². The molecule has 0 radical (unpaired) electrons. The smallest absolute Gasteiger partial charge is 0.255 e. The van der Waals surface area contributed by atoms with Crippen molar-refractivity contribution in [3.8, 4) is 11.4 Å². The van der Waals surface area contributed by atoms with Gasteiger partial charge in [0.25, 0.3) is 5.91 Å². The lowest BCUT2D eigenvalue weighted by molar-refractivity contribution is -0.136. The summed E-state index contributed by atoms with van der Waals surface area (Å²) >= 11 is 0. The second-order valence-electron chi connectivity index (χ2n) is 6.30. The topological polar surface area (TPSA) is 106 Å². The average molecular weight is 355 g/mol. The van der Waals surface area contributed by atoms with E-state index in [-0.39, 0.29) is 18.2 Å². The van der Waals surface area contributed by atoms with Crippen molar-refractivity contribution in [1.82, 2.24) is 25.0 Å². The van der Waals surface area contributed by atoms with Crippen molar-refractivity contribution in [2.75, 3.05) is 7.11 Å². The monoisotopic (exact) mass is 355 g/mol. The van der Waals surface area contributed by atoms with E-state index in [0.29, 0.717) is 31.1 Å². The van der Waals surface area contributed by atoms with Gasteiger partial charge in [0.05, 0.1) is 0 Å². The van der Waals surface area contributed by atoms with Gasteiger partial charge in [-0.25, -0.2) is 9.67 Å². The molecule has 4 rings (SSSR count). The van der Waals surface area contributed by atoms with Gasteiger partial charge in [0.15, 0.2) is 5.82 Å². The third-order valence-corrected chi connectivity index (χ3v) is 4.58. The highest BCUT2D eigenvalue weighted by Gasteiger charge is 2.39. The number of nitrogens with zero attached hydrogens (tertiary/aromatic N) is 4. The summed E-state index contributed by atoms with van der Waals surface area (Å²) in [5.74, 6) is -0.367. The Hall–Kier alpha value is -3.07. The lowest BCUT2D eigenvalue weighted by atomic mass is 10.0. The number of nitrogens with one attached hydrogen (secondary N) is 1. The Labute approximate surface area is 148 Å². The minimum atomic E-state index is -0.616. The van der Waals surface area contributed by atoms with Crippen molar-refractivity contribution in [3.63, 3.8) is 0 Å². The Morgan fingerprint density at radius 2 is 2.15 bits per heavy atom. The van der Waals surface area contributed by atoms with Gasteiger partial charge >= 0.3 is 0 Å². The van der Waals surface area contributed by atoms with E-state index in [0.717, 1.165) is 11.1 Å². The summed E-state index contributed by atoms with van der Waals surface area (Å²) in [7, 11) is 1.58. The van der Waals surface area contributed by atoms with Gasteiger partial charge in [-0.1, -0.05) is 6.07 Å². The third-order valence-electron chi connectivity index (χ3n) is 4.58. The van der Waals surface area contributed by atoms with Crippen LogP contribution in [0.2, 0.25) is 0 Å². The summed E-state index contributed by atoms with van der Waals surface area (Å²) in [5, 5.41) is 6.62. The molecule has 1 saturated heterocycles. The number of piperidine rings is 1. The maximum absolute atomic E-state index is 12.7. The number of benzene rings is 1. The molecule has 3 heterocycles. The summed E-state index contributed by atoms with van der Waals surface area (Å²) in [6.07, 6.45) is 2.16.